The lowest BCUT2D eigenvalue weighted by Crippen LogP contribution is -2.04. The van der Waals surface area contributed by atoms with Crippen molar-refractivity contribution in [3.8, 4) is 0 Å². The summed E-state index contributed by atoms with van der Waals surface area (Å²) >= 11 is 0. The van der Waals surface area contributed by atoms with Crippen molar-refractivity contribution in [2.24, 2.45) is 0 Å². The van der Waals surface area contributed by atoms with Crippen LogP contribution in [0.15, 0.2) is 54.7 Å². The number of ether oxygens (including phenoxy) is 1. The molecule has 126 valence electrons. The molecule has 25 heavy (non-hydrogen) atoms. The van der Waals surface area contributed by atoms with E-state index in [1.165, 1.54) is 25.4 Å². The summed E-state index contributed by atoms with van der Waals surface area (Å²) in [5.74, 6) is -0.180. The Bertz CT molecular complexity index is 903. The van der Waals surface area contributed by atoms with E-state index in [1.54, 1.807) is 36.4 Å². The smallest absolute Gasteiger partial charge is 0.337 e. The zero-order valence-corrected chi connectivity index (χ0v) is 13.2. The van der Waals surface area contributed by atoms with Crippen molar-refractivity contribution in [1.82, 2.24) is 15.2 Å². The number of nitrogens with zero attached hydrogens (tertiary/aromatic N) is 3. The molecule has 0 saturated heterocycles. The maximum Gasteiger partial charge on any atom is 0.337 e. The van der Waals surface area contributed by atoms with E-state index in [0.29, 0.717) is 22.8 Å². The van der Waals surface area contributed by atoms with Gasteiger partial charge in [0.25, 0.3) is 0 Å². The highest BCUT2D eigenvalue weighted by Gasteiger charge is 2.07. The summed E-state index contributed by atoms with van der Waals surface area (Å²) in [5, 5.41) is 13.6. The quantitative estimate of drug-likeness (QED) is 0.690. The van der Waals surface area contributed by atoms with Crippen LogP contribution in [-0.2, 0) is 4.74 Å². The first-order chi connectivity index (χ1) is 12.1. The minimum absolute atomic E-state index is 0.208. The molecule has 0 aliphatic carbocycles. The fraction of sp³-hybridized carbons (Fsp3) is 0.0588. The highest BCUT2D eigenvalue weighted by atomic mass is 19.1. The molecule has 0 fully saturated rings. The predicted octanol–water partition coefficient (Wildman–Crippen LogP) is 3.28. The molecular weight excluding hydrogens is 325 g/mol. The van der Waals surface area contributed by atoms with Crippen LogP contribution < -0.4 is 10.6 Å². The Morgan fingerprint density at radius 3 is 2.60 bits per heavy atom. The van der Waals surface area contributed by atoms with Crippen molar-refractivity contribution in [2.45, 2.75) is 0 Å². The molecule has 7 nitrogen and oxygen atoms in total. The first-order valence-electron chi connectivity index (χ1n) is 7.32. The predicted molar refractivity (Wildman–Crippen MR) is 90.6 cm³/mol. The highest BCUT2D eigenvalue weighted by molar-refractivity contribution is 5.90. The molecule has 0 unspecified atom stereocenters. The highest BCUT2D eigenvalue weighted by Crippen LogP contribution is 2.18. The number of esters is 1. The topological polar surface area (TPSA) is 89.0 Å². The average Bonchev–Trinajstić information content (AvgIpc) is 2.61. The molecule has 3 rings (SSSR count). The molecule has 0 saturated carbocycles. The molecule has 0 bridgehead atoms. The van der Waals surface area contributed by atoms with Crippen LogP contribution in [0.1, 0.15) is 10.4 Å². The van der Waals surface area contributed by atoms with Crippen LogP contribution in [-0.4, -0.2) is 28.3 Å². The van der Waals surface area contributed by atoms with Crippen molar-refractivity contribution >= 4 is 29.1 Å². The van der Waals surface area contributed by atoms with Gasteiger partial charge >= 0.3 is 5.97 Å². The number of benzene rings is 2. The van der Waals surface area contributed by atoms with E-state index in [0.717, 1.165) is 0 Å². The van der Waals surface area contributed by atoms with Crippen molar-refractivity contribution in [3.63, 3.8) is 0 Å². The fourth-order valence-electron chi connectivity index (χ4n) is 2.10. The number of aromatic nitrogens is 3. The first-order valence-corrected chi connectivity index (χ1v) is 7.32. The van der Waals surface area contributed by atoms with Gasteiger partial charge in [0.05, 0.1) is 18.9 Å². The Kier molecular flexibility index (Phi) is 4.79. The lowest BCUT2D eigenvalue weighted by atomic mass is 10.2. The second-order valence-electron chi connectivity index (χ2n) is 5.00. The molecule has 3 aromatic rings. The van der Waals surface area contributed by atoms with E-state index in [9.17, 15) is 9.18 Å². The minimum Gasteiger partial charge on any atom is -0.465 e. The van der Waals surface area contributed by atoms with Gasteiger partial charge in [-0.2, -0.15) is 10.1 Å². The first kappa shape index (κ1) is 16.3. The Morgan fingerprint density at radius 1 is 1.08 bits per heavy atom. The van der Waals surface area contributed by atoms with Crippen LogP contribution >= 0.6 is 0 Å². The van der Waals surface area contributed by atoms with E-state index in [4.69, 9.17) is 4.74 Å². The van der Waals surface area contributed by atoms with Crippen LogP contribution in [0, 0.1) is 5.82 Å². The Balaban J connectivity index is 1.77. The second kappa shape index (κ2) is 7.35. The largest absolute Gasteiger partial charge is 0.465 e. The number of carbonyl (C=O) groups excluding carboxylic acids is 1. The molecule has 0 radical (unpaired) electrons. The second-order valence-corrected chi connectivity index (χ2v) is 5.00. The van der Waals surface area contributed by atoms with Crippen molar-refractivity contribution < 1.29 is 13.9 Å². The summed E-state index contributed by atoms with van der Waals surface area (Å²) in [5.41, 5.74) is 1.55. The summed E-state index contributed by atoms with van der Waals surface area (Å²) in [4.78, 5) is 15.8. The Labute approximate surface area is 142 Å². The molecule has 8 heteroatoms. The molecule has 0 spiro atoms. The summed E-state index contributed by atoms with van der Waals surface area (Å²) in [6.07, 6.45) is 1.43. The van der Waals surface area contributed by atoms with Gasteiger partial charge in [0.15, 0.2) is 5.82 Å². The maximum atomic E-state index is 13.2. The normalized spacial score (nSPS) is 10.2. The molecule has 0 aliphatic heterocycles. The summed E-state index contributed by atoms with van der Waals surface area (Å²) in [6.45, 7) is 0. The van der Waals surface area contributed by atoms with Gasteiger partial charge in [0.2, 0.25) is 5.95 Å². The minimum atomic E-state index is -0.432. The molecule has 0 atom stereocenters. The van der Waals surface area contributed by atoms with E-state index < -0.39 is 5.97 Å². The molecule has 1 heterocycles. The number of halogens is 1. The van der Waals surface area contributed by atoms with Gasteiger partial charge in [-0.15, -0.1) is 5.10 Å². The zero-order valence-electron chi connectivity index (χ0n) is 13.2. The van der Waals surface area contributed by atoms with Gasteiger partial charge in [-0.3, -0.25) is 0 Å². The number of hydrogen-bond acceptors (Lipinski definition) is 7. The lowest BCUT2D eigenvalue weighted by Gasteiger charge is -2.08. The fourth-order valence-corrected chi connectivity index (χ4v) is 2.10. The van der Waals surface area contributed by atoms with Crippen LogP contribution in [0.2, 0.25) is 0 Å². The third-order valence-corrected chi connectivity index (χ3v) is 3.20. The standard InChI is InChI=1S/C17H14FN5O2/c1-25-16(24)11-4-2-6-13(8-11)20-15-10-19-23-17(22-15)21-14-7-3-5-12(18)9-14/h2-10H,1H3,(H2,20,21,22,23). The maximum absolute atomic E-state index is 13.2. The van der Waals surface area contributed by atoms with Crippen molar-refractivity contribution in [1.29, 1.82) is 0 Å². The van der Waals surface area contributed by atoms with Crippen LogP contribution in [0.25, 0.3) is 0 Å². The summed E-state index contributed by atoms with van der Waals surface area (Å²) < 4.78 is 17.9. The average molecular weight is 339 g/mol. The number of nitrogens with one attached hydrogen (secondary N) is 2. The van der Waals surface area contributed by atoms with Gasteiger partial charge in [0.1, 0.15) is 5.82 Å². The molecule has 0 aliphatic rings. The third kappa shape index (κ3) is 4.25. The van der Waals surface area contributed by atoms with E-state index in [-0.39, 0.29) is 11.8 Å². The molecular formula is C17H14FN5O2. The number of carbonyl (C=O) groups is 1. The molecule has 1 aromatic heterocycles. The number of anilines is 4. The third-order valence-electron chi connectivity index (χ3n) is 3.20. The van der Waals surface area contributed by atoms with Crippen LogP contribution in [0.5, 0.6) is 0 Å². The summed E-state index contributed by atoms with van der Waals surface area (Å²) in [6, 6.07) is 12.7. The lowest BCUT2D eigenvalue weighted by molar-refractivity contribution is 0.0601. The number of methoxy groups -OCH3 is 1. The molecule has 2 N–H and O–H groups in total. The van der Waals surface area contributed by atoms with Gasteiger partial charge in [-0.05, 0) is 36.4 Å². The van der Waals surface area contributed by atoms with Gasteiger partial charge in [0, 0.05) is 11.4 Å². The van der Waals surface area contributed by atoms with Crippen LogP contribution in [0.3, 0.4) is 0 Å². The number of hydrogen-bond donors (Lipinski definition) is 2. The summed E-state index contributed by atoms with van der Waals surface area (Å²) in [7, 11) is 1.32. The van der Waals surface area contributed by atoms with Gasteiger partial charge in [-0.25, -0.2) is 9.18 Å². The van der Waals surface area contributed by atoms with Crippen molar-refractivity contribution in [2.75, 3.05) is 17.7 Å². The monoisotopic (exact) mass is 339 g/mol. The van der Waals surface area contributed by atoms with E-state index in [1.807, 2.05) is 0 Å². The SMILES string of the molecule is COC(=O)c1cccc(Nc2cnnc(Nc3cccc(F)c3)n2)c1. The Hall–Kier alpha value is -3.55. The van der Waals surface area contributed by atoms with Gasteiger partial charge in [-0.1, -0.05) is 12.1 Å². The molecule has 2 aromatic carbocycles. The van der Waals surface area contributed by atoms with Crippen LogP contribution in [0.4, 0.5) is 27.5 Å². The molecule has 0 amide bonds. The van der Waals surface area contributed by atoms with E-state index in [2.05, 4.69) is 25.8 Å². The zero-order chi connectivity index (χ0) is 17.6. The number of rotatable bonds is 5. The Morgan fingerprint density at radius 2 is 1.84 bits per heavy atom. The van der Waals surface area contributed by atoms with E-state index >= 15 is 0 Å². The van der Waals surface area contributed by atoms with Crippen molar-refractivity contribution in [3.05, 3.63) is 66.1 Å². The van der Waals surface area contributed by atoms with Gasteiger partial charge < -0.3 is 15.4 Å².